The number of anilines is 2. The van der Waals surface area contributed by atoms with Gasteiger partial charge in [-0.25, -0.2) is 9.97 Å². The Morgan fingerprint density at radius 3 is 2.64 bits per heavy atom. The fourth-order valence-electron chi connectivity index (χ4n) is 3.12. The number of benzene rings is 1. The highest BCUT2D eigenvalue weighted by Crippen LogP contribution is 2.30. The van der Waals surface area contributed by atoms with Crippen molar-refractivity contribution in [2.45, 2.75) is 25.3 Å². The van der Waals surface area contributed by atoms with Gasteiger partial charge in [0.15, 0.2) is 11.6 Å². The summed E-state index contributed by atoms with van der Waals surface area (Å²) in [7, 11) is 2.13. The van der Waals surface area contributed by atoms with Crippen LogP contribution in [0.1, 0.15) is 19.3 Å². The number of rotatable bonds is 5. The number of nitrogens with zero attached hydrogens (tertiary/aromatic N) is 3. The number of fused-ring (bicyclic) bond motifs is 1. The Bertz CT molecular complexity index is 661. The Kier molecular flexibility index (Phi) is 3.58. The maximum atomic E-state index is 4.88. The van der Waals surface area contributed by atoms with Gasteiger partial charge in [-0.05, 0) is 50.4 Å². The van der Waals surface area contributed by atoms with Gasteiger partial charge in [0.1, 0.15) is 0 Å². The highest BCUT2D eigenvalue weighted by Gasteiger charge is 2.25. The Morgan fingerprint density at radius 2 is 1.95 bits per heavy atom. The summed E-state index contributed by atoms with van der Waals surface area (Å²) >= 11 is 0. The second kappa shape index (κ2) is 5.72. The predicted octanol–water partition coefficient (Wildman–Crippen LogP) is 2.25. The third-order valence-corrected chi connectivity index (χ3v) is 4.53. The van der Waals surface area contributed by atoms with Crippen LogP contribution in [0.3, 0.4) is 0 Å². The molecule has 1 aromatic carbocycles. The summed E-state index contributed by atoms with van der Waals surface area (Å²) in [5.41, 5.74) is 1.93. The normalized spacial score (nSPS) is 21.2. The second-order valence-corrected chi connectivity index (χ2v) is 6.54. The third-order valence-electron chi connectivity index (χ3n) is 4.53. The maximum Gasteiger partial charge on any atom is 0.172 e. The van der Waals surface area contributed by atoms with Crippen LogP contribution in [-0.4, -0.2) is 42.7 Å². The summed E-state index contributed by atoms with van der Waals surface area (Å²) in [5, 5.41) is 6.99. The van der Waals surface area contributed by atoms with Gasteiger partial charge in [0.2, 0.25) is 0 Å². The van der Waals surface area contributed by atoms with Crippen molar-refractivity contribution in [3.8, 4) is 0 Å². The monoisotopic (exact) mass is 297 g/mol. The van der Waals surface area contributed by atoms with E-state index in [9.17, 15) is 0 Å². The maximum absolute atomic E-state index is 4.88. The molecule has 5 heteroatoms. The van der Waals surface area contributed by atoms with E-state index >= 15 is 0 Å². The zero-order chi connectivity index (χ0) is 14.9. The molecule has 1 aliphatic carbocycles. The summed E-state index contributed by atoms with van der Waals surface area (Å²) < 4.78 is 0. The van der Waals surface area contributed by atoms with E-state index in [0.29, 0.717) is 12.0 Å². The van der Waals surface area contributed by atoms with Crippen LogP contribution in [0.15, 0.2) is 24.3 Å². The minimum absolute atomic E-state index is 0.579. The number of hydrogen-bond donors (Lipinski definition) is 2. The van der Waals surface area contributed by atoms with E-state index in [-0.39, 0.29) is 0 Å². The molecule has 0 bridgehead atoms. The van der Waals surface area contributed by atoms with Gasteiger partial charge in [-0.15, -0.1) is 0 Å². The van der Waals surface area contributed by atoms with E-state index in [4.69, 9.17) is 9.97 Å². The van der Waals surface area contributed by atoms with Gasteiger partial charge < -0.3 is 15.5 Å². The van der Waals surface area contributed by atoms with Crippen molar-refractivity contribution in [2.24, 2.45) is 5.92 Å². The molecule has 0 amide bonds. The van der Waals surface area contributed by atoms with Crippen LogP contribution in [-0.2, 0) is 0 Å². The van der Waals surface area contributed by atoms with Crippen LogP contribution in [0, 0.1) is 5.92 Å². The molecule has 1 aliphatic heterocycles. The fraction of sp³-hybridized carbons (Fsp3) is 0.529. The smallest absolute Gasteiger partial charge is 0.172 e. The fourth-order valence-corrected chi connectivity index (χ4v) is 3.12. The van der Waals surface area contributed by atoms with Gasteiger partial charge in [-0.2, -0.15) is 0 Å². The van der Waals surface area contributed by atoms with Gasteiger partial charge in [0, 0.05) is 19.6 Å². The first-order valence-corrected chi connectivity index (χ1v) is 8.25. The molecule has 2 N–H and O–H groups in total. The van der Waals surface area contributed by atoms with Crippen LogP contribution >= 0.6 is 0 Å². The molecule has 2 fully saturated rings. The zero-order valence-corrected chi connectivity index (χ0v) is 13.0. The zero-order valence-electron chi connectivity index (χ0n) is 13.0. The van der Waals surface area contributed by atoms with Crippen molar-refractivity contribution in [1.29, 1.82) is 0 Å². The van der Waals surface area contributed by atoms with E-state index in [1.165, 1.54) is 19.3 Å². The highest BCUT2D eigenvalue weighted by atomic mass is 15.2. The van der Waals surface area contributed by atoms with E-state index in [0.717, 1.165) is 42.3 Å². The summed E-state index contributed by atoms with van der Waals surface area (Å²) in [6.45, 7) is 3.27. The molecule has 0 radical (unpaired) electrons. The first kappa shape index (κ1) is 13.8. The van der Waals surface area contributed by atoms with Crippen molar-refractivity contribution < 1.29 is 0 Å². The molecule has 0 spiro atoms. The Morgan fingerprint density at radius 1 is 1.18 bits per heavy atom. The van der Waals surface area contributed by atoms with Gasteiger partial charge in [0.05, 0.1) is 11.0 Å². The summed E-state index contributed by atoms with van der Waals surface area (Å²) in [4.78, 5) is 12.0. The number of para-hydroxylation sites is 2. The highest BCUT2D eigenvalue weighted by molar-refractivity contribution is 5.80. The topological polar surface area (TPSA) is 53.1 Å². The van der Waals surface area contributed by atoms with E-state index in [2.05, 4.69) is 22.6 Å². The molecule has 2 aliphatic rings. The summed E-state index contributed by atoms with van der Waals surface area (Å²) in [6.07, 6.45) is 3.73. The predicted molar refractivity (Wildman–Crippen MR) is 90.4 cm³/mol. The van der Waals surface area contributed by atoms with Gasteiger partial charge in [-0.3, -0.25) is 0 Å². The molecule has 116 valence electrons. The number of nitrogens with one attached hydrogen (secondary N) is 2. The molecule has 2 heterocycles. The lowest BCUT2D eigenvalue weighted by Crippen LogP contribution is -2.28. The summed E-state index contributed by atoms with van der Waals surface area (Å²) in [6, 6.07) is 8.69. The molecular formula is C17H23N5. The first-order valence-electron chi connectivity index (χ1n) is 8.25. The molecule has 1 atom stereocenters. The van der Waals surface area contributed by atoms with Crippen LogP contribution in [0.2, 0.25) is 0 Å². The van der Waals surface area contributed by atoms with Crippen molar-refractivity contribution in [1.82, 2.24) is 15.3 Å². The van der Waals surface area contributed by atoms with E-state index < -0.39 is 0 Å². The van der Waals surface area contributed by atoms with Crippen LogP contribution in [0.5, 0.6) is 0 Å². The van der Waals surface area contributed by atoms with Crippen molar-refractivity contribution in [3.63, 3.8) is 0 Å². The van der Waals surface area contributed by atoms with Crippen LogP contribution < -0.4 is 15.5 Å². The quantitative estimate of drug-likeness (QED) is 0.886. The average Bonchev–Trinajstić information content (AvgIpc) is 3.20. The molecular weight excluding hydrogens is 274 g/mol. The average molecular weight is 297 g/mol. The number of hydrogen-bond acceptors (Lipinski definition) is 5. The largest absolute Gasteiger partial charge is 0.364 e. The SMILES string of the molecule is CN(CC1CCNC1)c1nc2ccccc2nc1NC1CC1. The lowest BCUT2D eigenvalue weighted by molar-refractivity contribution is 0.576. The Hall–Kier alpha value is -1.88. The third kappa shape index (κ3) is 2.86. The first-order chi connectivity index (χ1) is 10.8. The lowest BCUT2D eigenvalue weighted by atomic mass is 10.1. The molecule has 5 nitrogen and oxygen atoms in total. The Labute approximate surface area is 131 Å². The molecule has 1 saturated carbocycles. The summed E-state index contributed by atoms with van der Waals surface area (Å²) in [5.74, 6) is 2.62. The minimum atomic E-state index is 0.579. The minimum Gasteiger partial charge on any atom is -0.364 e. The Balaban J connectivity index is 1.65. The molecule has 4 rings (SSSR count). The lowest BCUT2D eigenvalue weighted by Gasteiger charge is -2.24. The molecule has 1 aromatic heterocycles. The van der Waals surface area contributed by atoms with Gasteiger partial charge in [0.25, 0.3) is 0 Å². The molecule has 1 saturated heterocycles. The van der Waals surface area contributed by atoms with E-state index in [1.54, 1.807) is 0 Å². The number of aromatic nitrogens is 2. The molecule has 22 heavy (non-hydrogen) atoms. The van der Waals surface area contributed by atoms with Gasteiger partial charge >= 0.3 is 0 Å². The second-order valence-electron chi connectivity index (χ2n) is 6.54. The van der Waals surface area contributed by atoms with Crippen molar-refractivity contribution >= 4 is 22.7 Å². The van der Waals surface area contributed by atoms with E-state index in [1.807, 2.05) is 24.3 Å². The standard InChI is InChI=1S/C17H23N5/c1-22(11-12-8-9-18-10-12)17-16(19-13-6-7-13)20-14-4-2-3-5-15(14)21-17/h2-5,12-13,18H,6-11H2,1H3,(H,19,20). The van der Waals surface area contributed by atoms with Gasteiger partial charge in [-0.1, -0.05) is 12.1 Å². The molecule has 1 unspecified atom stereocenters. The van der Waals surface area contributed by atoms with Crippen LogP contribution in [0.4, 0.5) is 11.6 Å². The van der Waals surface area contributed by atoms with Crippen molar-refractivity contribution in [2.75, 3.05) is 36.9 Å². The van der Waals surface area contributed by atoms with Crippen molar-refractivity contribution in [3.05, 3.63) is 24.3 Å². The molecule has 2 aromatic rings. The van der Waals surface area contributed by atoms with Crippen LogP contribution in [0.25, 0.3) is 11.0 Å².